The van der Waals surface area contributed by atoms with Crippen molar-refractivity contribution in [2.75, 3.05) is 11.4 Å². The minimum absolute atomic E-state index is 0.226. The van der Waals surface area contributed by atoms with E-state index in [0.29, 0.717) is 6.04 Å². The second kappa shape index (κ2) is 5.19. The van der Waals surface area contributed by atoms with Gasteiger partial charge in [0.15, 0.2) is 0 Å². The van der Waals surface area contributed by atoms with E-state index in [1.165, 1.54) is 37.8 Å². The molecule has 0 amide bonds. The highest BCUT2D eigenvalue weighted by Gasteiger charge is 2.26. The predicted molar refractivity (Wildman–Crippen MR) is 75.6 cm³/mol. The van der Waals surface area contributed by atoms with Gasteiger partial charge in [-0.15, -0.1) is 0 Å². The first kappa shape index (κ1) is 12.5. The normalized spacial score (nSPS) is 20.1. The number of nitrogens with zero attached hydrogens (tertiary/aromatic N) is 2. The van der Waals surface area contributed by atoms with Crippen molar-refractivity contribution >= 4 is 11.4 Å². The number of anilines is 1. The van der Waals surface area contributed by atoms with Crippen LogP contribution in [-0.2, 0) is 6.42 Å². The number of nitro groups is 1. The molecule has 0 atom stereocenters. The van der Waals surface area contributed by atoms with Crippen LogP contribution < -0.4 is 4.90 Å². The molecule has 1 aliphatic heterocycles. The fraction of sp³-hybridized carbons (Fsp3) is 0.600. The quantitative estimate of drug-likeness (QED) is 0.602. The van der Waals surface area contributed by atoms with Crippen LogP contribution in [0.4, 0.5) is 11.4 Å². The molecule has 1 heterocycles. The Balaban J connectivity index is 1.89. The lowest BCUT2D eigenvalue weighted by atomic mass is 9.91. The molecule has 0 N–H and O–H groups in total. The van der Waals surface area contributed by atoms with Crippen molar-refractivity contribution in [3.63, 3.8) is 0 Å². The molecule has 0 aromatic heterocycles. The topological polar surface area (TPSA) is 46.4 Å². The molecule has 102 valence electrons. The summed E-state index contributed by atoms with van der Waals surface area (Å²) >= 11 is 0. The Labute approximate surface area is 113 Å². The number of fused-ring (bicyclic) bond motifs is 1. The van der Waals surface area contributed by atoms with E-state index in [0.717, 1.165) is 24.9 Å². The maximum absolute atomic E-state index is 10.9. The van der Waals surface area contributed by atoms with E-state index in [9.17, 15) is 10.1 Å². The third kappa shape index (κ3) is 2.44. The zero-order valence-electron chi connectivity index (χ0n) is 11.2. The minimum Gasteiger partial charge on any atom is -0.368 e. The van der Waals surface area contributed by atoms with Crippen LogP contribution in [-0.4, -0.2) is 17.5 Å². The molecule has 1 aromatic rings. The van der Waals surface area contributed by atoms with E-state index in [2.05, 4.69) is 4.90 Å². The van der Waals surface area contributed by atoms with Crippen LogP contribution in [0.3, 0.4) is 0 Å². The number of non-ortho nitro benzene ring substituents is 1. The molecule has 1 fully saturated rings. The van der Waals surface area contributed by atoms with Gasteiger partial charge in [-0.05, 0) is 37.3 Å². The smallest absolute Gasteiger partial charge is 0.269 e. The van der Waals surface area contributed by atoms with Crippen molar-refractivity contribution in [3.8, 4) is 0 Å². The van der Waals surface area contributed by atoms with Gasteiger partial charge in [-0.3, -0.25) is 10.1 Å². The summed E-state index contributed by atoms with van der Waals surface area (Å²) in [6, 6.07) is 6.03. The molecule has 0 unspecified atom stereocenters. The largest absolute Gasteiger partial charge is 0.368 e. The second-order valence-corrected chi connectivity index (χ2v) is 5.66. The number of aryl methyl sites for hydroxylation is 1. The Morgan fingerprint density at radius 3 is 2.68 bits per heavy atom. The molecule has 0 bridgehead atoms. The van der Waals surface area contributed by atoms with Crippen molar-refractivity contribution in [2.24, 2.45) is 0 Å². The summed E-state index contributed by atoms with van der Waals surface area (Å²) in [4.78, 5) is 13.1. The summed E-state index contributed by atoms with van der Waals surface area (Å²) in [7, 11) is 0. The lowest BCUT2D eigenvalue weighted by molar-refractivity contribution is -0.384. The zero-order valence-corrected chi connectivity index (χ0v) is 11.2. The summed E-state index contributed by atoms with van der Waals surface area (Å²) < 4.78 is 0. The number of nitro benzene ring substituents is 1. The van der Waals surface area contributed by atoms with Crippen LogP contribution >= 0.6 is 0 Å². The minimum atomic E-state index is -0.292. The van der Waals surface area contributed by atoms with Crippen LogP contribution in [0, 0.1) is 10.1 Å². The summed E-state index contributed by atoms with van der Waals surface area (Å²) in [5.74, 6) is 0. The third-order valence-corrected chi connectivity index (χ3v) is 4.44. The van der Waals surface area contributed by atoms with E-state index >= 15 is 0 Å². The highest BCUT2D eigenvalue weighted by molar-refractivity contribution is 5.60. The van der Waals surface area contributed by atoms with Gasteiger partial charge < -0.3 is 4.90 Å². The first-order valence-corrected chi connectivity index (χ1v) is 7.29. The van der Waals surface area contributed by atoms with Gasteiger partial charge in [-0.2, -0.15) is 0 Å². The fourth-order valence-corrected chi connectivity index (χ4v) is 3.50. The highest BCUT2D eigenvalue weighted by atomic mass is 16.6. The van der Waals surface area contributed by atoms with Crippen molar-refractivity contribution in [1.82, 2.24) is 0 Å². The van der Waals surface area contributed by atoms with Gasteiger partial charge in [0.25, 0.3) is 5.69 Å². The molecule has 1 aliphatic carbocycles. The number of benzene rings is 1. The van der Waals surface area contributed by atoms with E-state index in [1.54, 1.807) is 12.1 Å². The van der Waals surface area contributed by atoms with Crippen LogP contribution in [0.15, 0.2) is 18.2 Å². The Morgan fingerprint density at radius 1 is 1.16 bits per heavy atom. The molecule has 3 rings (SSSR count). The number of hydrogen-bond donors (Lipinski definition) is 0. The molecule has 1 aromatic carbocycles. The average Bonchev–Trinajstić information content (AvgIpc) is 2.47. The monoisotopic (exact) mass is 260 g/mol. The maximum Gasteiger partial charge on any atom is 0.269 e. The van der Waals surface area contributed by atoms with Gasteiger partial charge in [-0.1, -0.05) is 19.3 Å². The molecule has 4 heteroatoms. The Morgan fingerprint density at radius 2 is 1.95 bits per heavy atom. The van der Waals surface area contributed by atoms with Crippen molar-refractivity contribution in [2.45, 2.75) is 51.0 Å². The highest BCUT2D eigenvalue weighted by Crippen LogP contribution is 2.35. The predicted octanol–water partition coefficient (Wildman–Crippen LogP) is 3.68. The van der Waals surface area contributed by atoms with Crippen molar-refractivity contribution in [1.29, 1.82) is 0 Å². The van der Waals surface area contributed by atoms with E-state index in [4.69, 9.17) is 0 Å². The van der Waals surface area contributed by atoms with Gasteiger partial charge >= 0.3 is 0 Å². The molecular weight excluding hydrogens is 240 g/mol. The van der Waals surface area contributed by atoms with Gasteiger partial charge in [-0.25, -0.2) is 0 Å². The molecular formula is C15H20N2O2. The van der Waals surface area contributed by atoms with Crippen molar-refractivity contribution in [3.05, 3.63) is 33.9 Å². The lowest BCUT2D eigenvalue weighted by Gasteiger charge is -2.39. The van der Waals surface area contributed by atoms with Crippen molar-refractivity contribution < 1.29 is 4.92 Å². The van der Waals surface area contributed by atoms with E-state index in [-0.39, 0.29) is 10.6 Å². The molecule has 1 saturated carbocycles. The lowest BCUT2D eigenvalue weighted by Crippen LogP contribution is -2.40. The number of hydrogen-bond acceptors (Lipinski definition) is 3. The Hall–Kier alpha value is -1.58. The fourth-order valence-electron chi connectivity index (χ4n) is 3.50. The molecule has 4 nitrogen and oxygen atoms in total. The van der Waals surface area contributed by atoms with Crippen LogP contribution in [0.2, 0.25) is 0 Å². The Bertz CT molecular complexity index is 481. The molecule has 19 heavy (non-hydrogen) atoms. The molecule has 2 aliphatic rings. The van der Waals surface area contributed by atoms with Crippen LogP contribution in [0.5, 0.6) is 0 Å². The van der Waals surface area contributed by atoms with Gasteiger partial charge in [0.1, 0.15) is 0 Å². The second-order valence-electron chi connectivity index (χ2n) is 5.66. The van der Waals surface area contributed by atoms with Crippen LogP contribution in [0.25, 0.3) is 0 Å². The summed E-state index contributed by atoms with van der Waals surface area (Å²) in [6.07, 6.45) is 8.64. The summed E-state index contributed by atoms with van der Waals surface area (Å²) in [5.41, 5.74) is 2.62. The van der Waals surface area contributed by atoms with E-state index in [1.807, 2.05) is 6.07 Å². The molecule has 0 spiro atoms. The zero-order chi connectivity index (χ0) is 13.2. The molecule has 0 radical (unpaired) electrons. The average molecular weight is 260 g/mol. The maximum atomic E-state index is 10.9. The number of rotatable bonds is 2. The first-order valence-electron chi connectivity index (χ1n) is 7.29. The third-order valence-electron chi connectivity index (χ3n) is 4.44. The summed E-state index contributed by atoms with van der Waals surface area (Å²) in [6.45, 7) is 1.11. The standard InChI is InChI=1S/C15H20N2O2/c18-17(19)14-8-9-15-12(11-14)5-4-10-16(15)13-6-2-1-3-7-13/h8-9,11,13H,1-7,10H2. The first-order chi connectivity index (χ1) is 9.25. The van der Waals surface area contributed by atoms with E-state index < -0.39 is 0 Å². The van der Waals surface area contributed by atoms with Gasteiger partial charge in [0.05, 0.1) is 4.92 Å². The van der Waals surface area contributed by atoms with Gasteiger partial charge in [0, 0.05) is 30.4 Å². The van der Waals surface area contributed by atoms with Crippen LogP contribution in [0.1, 0.15) is 44.1 Å². The van der Waals surface area contributed by atoms with Gasteiger partial charge in [0.2, 0.25) is 0 Å². The SMILES string of the molecule is O=[N+]([O-])c1ccc2c(c1)CCCN2C1CCCCC1. The summed E-state index contributed by atoms with van der Waals surface area (Å²) in [5, 5.41) is 10.9. The Kier molecular flexibility index (Phi) is 3.40. The molecule has 0 saturated heterocycles.